The number of hydrogen-bond acceptors (Lipinski definition) is 3. The molecule has 1 amide bonds. The van der Waals surface area contributed by atoms with Crippen LogP contribution in [0.15, 0.2) is 35.2 Å². The van der Waals surface area contributed by atoms with Crippen molar-refractivity contribution in [1.29, 1.82) is 0 Å². The molecule has 0 saturated heterocycles. The molecule has 0 aliphatic rings. The average Bonchev–Trinajstić information content (AvgIpc) is 2.81. The molecule has 0 spiro atoms. The number of rotatable bonds is 3. The zero-order valence-electron chi connectivity index (χ0n) is 9.22. The van der Waals surface area contributed by atoms with Gasteiger partial charge >= 0.3 is 0 Å². The lowest BCUT2D eigenvalue weighted by atomic mass is 10.3. The molecule has 5 nitrogen and oxygen atoms in total. The Morgan fingerprint density at radius 3 is 2.94 bits per heavy atom. The maximum atomic E-state index is 12.1. The zero-order valence-corrected chi connectivity index (χ0v) is 10.8. The van der Waals surface area contributed by atoms with Gasteiger partial charge in [-0.25, -0.2) is 9.97 Å². The second-order valence-corrected chi connectivity index (χ2v) is 4.39. The maximum absolute atomic E-state index is 12.1. The van der Waals surface area contributed by atoms with Gasteiger partial charge in [-0.05, 0) is 28.1 Å². The van der Waals surface area contributed by atoms with Gasteiger partial charge in [0.1, 0.15) is 11.5 Å². The molecule has 0 aromatic carbocycles. The number of pyridine rings is 1. The van der Waals surface area contributed by atoms with Crippen molar-refractivity contribution in [1.82, 2.24) is 19.9 Å². The van der Waals surface area contributed by atoms with Gasteiger partial charge in [0.25, 0.3) is 5.91 Å². The van der Waals surface area contributed by atoms with Crippen LogP contribution in [0.2, 0.25) is 0 Å². The fraction of sp³-hybridized carbons (Fsp3) is 0.182. The maximum Gasteiger partial charge on any atom is 0.273 e. The standard InChI is InChI=1S/C11H11BrN4O/c1-16(7-9-13-5-6-14-9)11(17)10-8(12)3-2-4-15-10/h2-6H,7H2,1H3,(H,13,14). The molecule has 0 atom stereocenters. The van der Waals surface area contributed by atoms with Crippen LogP contribution >= 0.6 is 15.9 Å². The minimum Gasteiger partial charge on any atom is -0.347 e. The Labute approximate surface area is 107 Å². The van der Waals surface area contributed by atoms with Crippen LogP contribution in [0.3, 0.4) is 0 Å². The first-order valence-electron chi connectivity index (χ1n) is 5.02. The highest BCUT2D eigenvalue weighted by atomic mass is 79.9. The van der Waals surface area contributed by atoms with Crippen LogP contribution in [0.5, 0.6) is 0 Å². The SMILES string of the molecule is CN(Cc1ncc[nH]1)C(=O)c1ncccc1Br. The number of nitrogens with one attached hydrogen (secondary N) is 1. The van der Waals surface area contributed by atoms with Crippen molar-refractivity contribution in [2.45, 2.75) is 6.54 Å². The van der Waals surface area contributed by atoms with E-state index in [1.165, 1.54) is 0 Å². The summed E-state index contributed by atoms with van der Waals surface area (Å²) in [5, 5.41) is 0. The molecule has 2 aromatic rings. The van der Waals surface area contributed by atoms with Crippen molar-refractivity contribution < 1.29 is 4.79 Å². The number of carbonyl (C=O) groups excluding carboxylic acids is 1. The molecule has 0 unspecified atom stereocenters. The lowest BCUT2D eigenvalue weighted by Gasteiger charge is -2.15. The Kier molecular flexibility index (Phi) is 3.53. The second-order valence-electron chi connectivity index (χ2n) is 3.53. The summed E-state index contributed by atoms with van der Waals surface area (Å²) in [7, 11) is 1.71. The van der Waals surface area contributed by atoms with E-state index in [0.29, 0.717) is 16.7 Å². The van der Waals surface area contributed by atoms with Crippen molar-refractivity contribution in [3.8, 4) is 0 Å². The number of amides is 1. The number of imidazole rings is 1. The average molecular weight is 295 g/mol. The monoisotopic (exact) mass is 294 g/mol. The van der Waals surface area contributed by atoms with Crippen molar-refractivity contribution >= 4 is 21.8 Å². The predicted molar refractivity (Wildman–Crippen MR) is 66.3 cm³/mol. The molecule has 0 bridgehead atoms. The summed E-state index contributed by atoms with van der Waals surface area (Å²) in [5.41, 5.74) is 0.404. The molecule has 0 fully saturated rings. The van der Waals surface area contributed by atoms with E-state index >= 15 is 0 Å². The minimum atomic E-state index is -0.145. The fourth-order valence-corrected chi connectivity index (χ4v) is 1.83. The van der Waals surface area contributed by atoms with E-state index in [1.54, 1.807) is 42.7 Å². The molecule has 17 heavy (non-hydrogen) atoms. The van der Waals surface area contributed by atoms with Crippen molar-refractivity contribution in [3.63, 3.8) is 0 Å². The molecule has 0 aliphatic carbocycles. The van der Waals surface area contributed by atoms with E-state index < -0.39 is 0 Å². The number of nitrogens with zero attached hydrogens (tertiary/aromatic N) is 3. The van der Waals surface area contributed by atoms with Gasteiger partial charge in [-0.15, -0.1) is 0 Å². The van der Waals surface area contributed by atoms with Gasteiger partial charge in [-0.3, -0.25) is 4.79 Å². The number of carbonyl (C=O) groups is 1. The van der Waals surface area contributed by atoms with E-state index in [0.717, 1.165) is 5.82 Å². The predicted octanol–water partition coefficient (Wildman–Crippen LogP) is 1.84. The lowest BCUT2D eigenvalue weighted by Crippen LogP contribution is -2.27. The van der Waals surface area contributed by atoms with E-state index in [9.17, 15) is 4.79 Å². The normalized spacial score (nSPS) is 10.2. The number of H-pyrrole nitrogens is 1. The van der Waals surface area contributed by atoms with Crippen LogP contribution in [0.4, 0.5) is 0 Å². The highest BCUT2D eigenvalue weighted by Crippen LogP contribution is 2.15. The summed E-state index contributed by atoms with van der Waals surface area (Å²) in [5.74, 6) is 0.599. The molecule has 0 aliphatic heterocycles. The van der Waals surface area contributed by atoms with E-state index in [1.807, 2.05) is 0 Å². The van der Waals surface area contributed by atoms with E-state index in [2.05, 4.69) is 30.9 Å². The molecule has 1 N–H and O–H groups in total. The zero-order chi connectivity index (χ0) is 12.3. The van der Waals surface area contributed by atoms with Crippen molar-refractivity contribution in [3.05, 3.63) is 46.7 Å². The molecule has 6 heteroatoms. The Hall–Kier alpha value is -1.69. The molecule has 0 radical (unpaired) electrons. The molecule has 2 heterocycles. The highest BCUT2D eigenvalue weighted by Gasteiger charge is 2.16. The highest BCUT2D eigenvalue weighted by molar-refractivity contribution is 9.10. The molecular formula is C11H11BrN4O. The summed E-state index contributed by atoms with van der Waals surface area (Å²) < 4.78 is 0.691. The van der Waals surface area contributed by atoms with Crippen molar-refractivity contribution in [2.75, 3.05) is 7.05 Å². The van der Waals surface area contributed by atoms with Gasteiger partial charge in [0, 0.05) is 30.1 Å². The first-order valence-corrected chi connectivity index (χ1v) is 5.82. The molecule has 0 saturated carbocycles. The smallest absolute Gasteiger partial charge is 0.273 e. The van der Waals surface area contributed by atoms with Gasteiger partial charge < -0.3 is 9.88 Å². The number of hydrogen-bond donors (Lipinski definition) is 1. The minimum absolute atomic E-state index is 0.145. The largest absolute Gasteiger partial charge is 0.347 e. The number of aromatic amines is 1. The van der Waals surface area contributed by atoms with E-state index in [4.69, 9.17) is 0 Å². The Morgan fingerprint density at radius 2 is 2.29 bits per heavy atom. The Balaban J connectivity index is 2.13. The van der Waals surface area contributed by atoms with Crippen LogP contribution in [-0.2, 0) is 6.54 Å². The van der Waals surface area contributed by atoms with Gasteiger partial charge in [0.15, 0.2) is 0 Å². The lowest BCUT2D eigenvalue weighted by molar-refractivity contribution is 0.0775. The van der Waals surface area contributed by atoms with Crippen LogP contribution < -0.4 is 0 Å². The van der Waals surface area contributed by atoms with Crippen LogP contribution in [0.1, 0.15) is 16.3 Å². The van der Waals surface area contributed by atoms with Gasteiger partial charge in [-0.2, -0.15) is 0 Å². The Bertz CT molecular complexity index is 512. The summed E-state index contributed by atoms with van der Waals surface area (Å²) in [4.78, 5) is 24.7. The van der Waals surface area contributed by atoms with Crippen LogP contribution in [0.25, 0.3) is 0 Å². The fourth-order valence-electron chi connectivity index (χ4n) is 1.40. The molecule has 88 valence electrons. The summed E-state index contributed by atoms with van der Waals surface area (Å²) in [6.07, 6.45) is 4.98. The number of aromatic nitrogens is 3. The second kappa shape index (κ2) is 5.09. The molecule has 2 rings (SSSR count). The quantitative estimate of drug-likeness (QED) is 0.940. The first kappa shape index (κ1) is 11.8. The van der Waals surface area contributed by atoms with Crippen LogP contribution in [-0.4, -0.2) is 32.8 Å². The molecule has 2 aromatic heterocycles. The third kappa shape index (κ3) is 2.71. The summed E-state index contributed by atoms with van der Waals surface area (Å²) in [6.45, 7) is 0.425. The van der Waals surface area contributed by atoms with Crippen molar-refractivity contribution in [2.24, 2.45) is 0 Å². The van der Waals surface area contributed by atoms with Gasteiger partial charge in [0.2, 0.25) is 0 Å². The topological polar surface area (TPSA) is 61.9 Å². The third-order valence-corrected chi connectivity index (χ3v) is 2.89. The van der Waals surface area contributed by atoms with Crippen LogP contribution in [0, 0.1) is 0 Å². The summed E-state index contributed by atoms with van der Waals surface area (Å²) in [6, 6.07) is 3.56. The first-order chi connectivity index (χ1) is 8.18. The summed E-state index contributed by atoms with van der Waals surface area (Å²) >= 11 is 3.31. The molecular weight excluding hydrogens is 284 g/mol. The number of halogens is 1. The van der Waals surface area contributed by atoms with Gasteiger partial charge in [0.05, 0.1) is 6.54 Å². The Morgan fingerprint density at radius 1 is 1.47 bits per heavy atom. The third-order valence-electron chi connectivity index (χ3n) is 2.25. The van der Waals surface area contributed by atoms with E-state index in [-0.39, 0.29) is 5.91 Å². The van der Waals surface area contributed by atoms with Gasteiger partial charge in [-0.1, -0.05) is 0 Å².